The second kappa shape index (κ2) is 10.5. The Morgan fingerprint density at radius 1 is 1.08 bits per heavy atom. The molecular formula is C28H42N2O6. The molecule has 7 atom stereocenters. The summed E-state index contributed by atoms with van der Waals surface area (Å²) in [6, 6.07) is 3.64. The maximum Gasteiger partial charge on any atom is 0.223 e. The summed E-state index contributed by atoms with van der Waals surface area (Å²) in [4.78, 5) is 25.3. The van der Waals surface area contributed by atoms with E-state index in [2.05, 4.69) is 24.5 Å². The molecule has 0 bridgehead atoms. The smallest absolute Gasteiger partial charge is 0.223 e. The highest BCUT2D eigenvalue weighted by molar-refractivity contribution is 5.78. The Morgan fingerprint density at radius 3 is 2.64 bits per heavy atom. The molecule has 4 fully saturated rings. The van der Waals surface area contributed by atoms with Gasteiger partial charge in [-0.15, -0.1) is 0 Å². The van der Waals surface area contributed by atoms with E-state index in [4.69, 9.17) is 13.9 Å². The van der Waals surface area contributed by atoms with Crippen LogP contribution in [0.2, 0.25) is 0 Å². The number of rotatable bonds is 7. The quantitative estimate of drug-likeness (QED) is 0.526. The number of ether oxygens (including phenoxy) is 2. The molecule has 0 aromatic carbocycles. The third-order valence-corrected chi connectivity index (χ3v) is 9.85. The molecule has 2 heterocycles. The second-order valence-electron chi connectivity index (χ2n) is 12.0. The molecular weight excluding hydrogens is 460 g/mol. The number of carbonyl (C=O) groups excluding carboxylic acids is 2. The fourth-order valence-corrected chi connectivity index (χ4v) is 7.78. The van der Waals surface area contributed by atoms with Gasteiger partial charge in [0.05, 0.1) is 38.2 Å². The van der Waals surface area contributed by atoms with Crippen molar-refractivity contribution in [1.29, 1.82) is 0 Å². The van der Waals surface area contributed by atoms with E-state index in [1.807, 2.05) is 6.07 Å². The van der Waals surface area contributed by atoms with Gasteiger partial charge in [-0.3, -0.25) is 9.59 Å². The molecule has 0 unspecified atom stereocenters. The van der Waals surface area contributed by atoms with Crippen LogP contribution in [0, 0.1) is 28.6 Å². The lowest BCUT2D eigenvalue weighted by Gasteiger charge is -2.63. The van der Waals surface area contributed by atoms with E-state index >= 15 is 0 Å². The molecule has 5 rings (SSSR count). The molecule has 1 aliphatic heterocycles. The van der Waals surface area contributed by atoms with Gasteiger partial charge in [-0.05, 0) is 67.9 Å². The molecule has 8 heteroatoms. The molecule has 3 N–H and O–H groups in total. The Labute approximate surface area is 213 Å². The normalized spacial score (nSPS) is 38.7. The number of furan rings is 1. The van der Waals surface area contributed by atoms with Crippen molar-refractivity contribution in [3.63, 3.8) is 0 Å². The van der Waals surface area contributed by atoms with Crippen LogP contribution in [0.4, 0.5) is 0 Å². The summed E-state index contributed by atoms with van der Waals surface area (Å²) in [7, 11) is 0. The molecule has 36 heavy (non-hydrogen) atoms. The van der Waals surface area contributed by atoms with Gasteiger partial charge in [0.1, 0.15) is 5.76 Å². The number of hydrogen-bond acceptors (Lipinski definition) is 6. The molecule has 1 aromatic heterocycles. The Bertz CT molecular complexity index is 915. The van der Waals surface area contributed by atoms with Crippen molar-refractivity contribution in [3.8, 4) is 0 Å². The minimum absolute atomic E-state index is 0.0429. The van der Waals surface area contributed by atoms with Crippen molar-refractivity contribution in [2.24, 2.45) is 28.6 Å². The first-order valence-corrected chi connectivity index (χ1v) is 13.8. The summed E-state index contributed by atoms with van der Waals surface area (Å²) in [6.07, 6.45) is 8.58. The summed E-state index contributed by atoms with van der Waals surface area (Å²) in [6.45, 7) is 5.81. The maximum atomic E-state index is 12.8. The highest BCUT2D eigenvalue weighted by atomic mass is 16.7. The average Bonchev–Trinajstić information content (AvgIpc) is 3.58. The molecule has 8 nitrogen and oxygen atoms in total. The van der Waals surface area contributed by atoms with E-state index in [1.54, 1.807) is 12.3 Å². The van der Waals surface area contributed by atoms with Crippen LogP contribution in [0.15, 0.2) is 22.8 Å². The van der Waals surface area contributed by atoms with E-state index in [0.29, 0.717) is 32.5 Å². The predicted molar refractivity (Wildman–Crippen MR) is 132 cm³/mol. The summed E-state index contributed by atoms with van der Waals surface area (Å²) >= 11 is 0. The van der Waals surface area contributed by atoms with E-state index in [-0.39, 0.29) is 46.5 Å². The van der Waals surface area contributed by atoms with Crippen LogP contribution in [0.25, 0.3) is 0 Å². The molecule has 3 saturated carbocycles. The SMILES string of the molecule is C[C@@]12CO[C@@H](CNC(=O)C3CCCC3)O[C@@H]1CC[C@]1(C)[C@@H]2CC[C@@H](O)[C@H]1CC(=O)NCc1ccco1. The molecule has 1 saturated heterocycles. The molecule has 200 valence electrons. The highest BCUT2D eigenvalue weighted by Gasteiger charge is 2.61. The van der Waals surface area contributed by atoms with Crippen LogP contribution >= 0.6 is 0 Å². The lowest BCUT2D eigenvalue weighted by atomic mass is 9.46. The number of aliphatic hydroxyl groups excluding tert-OH is 1. The summed E-state index contributed by atoms with van der Waals surface area (Å²) < 4.78 is 17.9. The fourth-order valence-electron chi connectivity index (χ4n) is 7.78. The van der Waals surface area contributed by atoms with E-state index in [1.165, 1.54) is 0 Å². The maximum absolute atomic E-state index is 12.8. The van der Waals surface area contributed by atoms with Crippen LogP contribution in [0.3, 0.4) is 0 Å². The molecule has 0 radical (unpaired) electrons. The van der Waals surface area contributed by atoms with Crippen molar-refractivity contribution in [2.75, 3.05) is 13.2 Å². The van der Waals surface area contributed by atoms with Crippen molar-refractivity contribution in [1.82, 2.24) is 10.6 Å². The number of carbonyl (C=O) groups is 2. The zero-order valence-corrected chi connectivity index (χ0v) is 21.7. The van der Waals surface area contributed by atoms with Crippen LogP contribution in [-0.4, -0.2) is 48.6 Å². The highest BCUT2D eigenvalue weighted by Crippen LogP contribution is 2.62. The van der Waals surface area contributed by atoms with Gasteiger partial charge in [0.15, 0.2) is 6.29 Å². The standard InChI is InChI=1S/C28H42N2O6/c1-27-12-11-23-28(2,17-35-25(36-23)16-30-26(33)18-6-3-4-7-18)22(27)10-9-21(31)20(27)14-24(32)29-15-19-8-5-13-34-19/h5,8,13,18,20-23,25,31H,3-4,6-7,9-12,14-17H2,1-2H3,(H,29,32)(H,30,33)/t20-,21-,22+,23-,25-,27+,28+/m1/s1. The first-order valence-electron chi connectivity index (χ1n) is 13.8. The first kappa shape index (κ1) is 25.7. The minimum Gasteiger partial charge on any atom is -0.467 e. The Morgan fingerprint density at radius 2 is 1.89 bits per heavy atom. The molecule has 1 aromatic rings. The number of amides is 2. The Balaban J connectivity index is 1.20. The van der Waals surface area contributed by atoms with Crippen LogP contribution in [-0.2, 0) is 25.6 Å². The molecule has 4 aliphatic rings. The summed E-state index contributed by atoms with van der Waals surface area (Å²) in [5.41, 5.74) is -0.372. The Hall–Kier alpha value is -1.90. The van der Waals surface area contributed by atoms with Crippen LogP contribution < -0.4 is 10.6 Å². The second-order valence-corrected chi connectivity index (χ2v) is 12.0. The van der Waals surface area contributed by atoms with Gasteiger partial charge in [-0.25, -0.2) is 0 Å². The fraction of sp³-hybridized carbons (Fsp3) is 0.786. The molecule has 2 amide bonds. The average molecular weight is 503 g/mol. The van der Waals surface area contributed by atoms with Gasteiger partial charge >= 0.3 is 0 Å². The topological polar surface area (TPSA) is 110 Å². The van der Waals surface area contributed by atoms with Gasteiger partial charge < -0.3 is 29.6 Å². The van der Waals surface area contributed by atoms with Gasteiger partial charge in [0.25, 0.3) is 0 Å². The van der Waals surface area contributed by atoms with E-state index < -0.39 is 12.4 Å². The summed E-state index contributed by atoms with van der Waals surface area (Å²) in [5.74, 6) is 1.09. The first-order chi connectivity index (χ1) is 17.3. The Kier molecular flexibility index (Phi) is 7.48. The number of hydrogen-bond donors (Lipinski definition) is 3. The van der Waals surface area contributed by atoms with Crippen molar-refractivity contribution >= 4 is 11.8 Å². The van der Waals surface area contributed by atoms with Crippen molar-refractivity contribution in [2.45, 2.75) is 96.7 Å². The lowest BCUT2D eigenvalue weighted by Crippen LogP contribution is -2.63. The van der Waals surface area contributed by atoms with Crippen LogP contribution in [0.1, 0.15) is 77.4 Å². The number of aliphatic hydroxyl groups is 1. The van der Waals surface area contributed by atoms with Gasteiger partial charge in [0, 0.05) is 17.8 Å². The van der Waals surface area contributed by atoms with E-state index in [0.717, 1.165) is 50.7 Å². The van der Waals surface area contributed by atoms with E-state index in [9.17, 15) is 14.7 Å². The minimum atomic E-state index is -0.496. The lowest BCUT2D eigenvalue weighted by molar-refractivity contribution is -0.306. The zero-order chi connectivity index (χ0) is 25.3. The van der Waals surface area contributed by atoms with Crippen molar-refractivity contribution in [3.05, 3.63) is 24.2 Å². The number of nitrogens with one attached hydrogen (secondary N) is 2. The predicted octanol–water partition coefficient (Wildman–Crippen LogP) is 3.53. The van der Waals surface area contributed by atoms with Crippen molar-refractivity contribution < 1.29 is 28.6 Å². The van der Waals surface area contributed by atoms with Crippen LogP contribution in [0.5, 0.6) is 0 Å². The van der Waals surface area contributed by atoms with Gasteiger partial charge in [-0.1, -0.05) is 26.7 Å². The third-order valence-electron chi connectivity index (χ3n) is 9.85. The molecule has 3 aliphatic carbocycles. The third kappa shape index (κ3) is 4.96. The largest absolute Gasteiger partial charge is 0.467 e. The molecule has 0 spiro atoms. The monoisotopic (exact) mass is 502 g/mol. The zero-order valence-electron chi connectivity index (χ0n) is 21.7. The number of fused-ring (bicyclic) bond motifs is 3. The summed E-state index contributed by atoms with van der Waals surface area (Å²) in [5, 5.41) is 17.0. The van der Waals surface area contributed by atoms with Gasteiger partial charge in [0.2, 0.25) is 11.8 Å². The van der Waals surface area contributed by atoms with Gasteiger partial charge in [-0.2, -0.15) is 0 Å².